The Hall–Kier alpha value is -3.50. The van der Waals surface area contributed by atoms with E-state index in [-0.39, 0.29) is 18.5 Å². The maximum atomic E-state index is 14.6. The van der Waals surface area contributed by atoms with Gasteiger partial charge in [0.2, 0.25) is 0 Å². The molecule has 4 rings (SSSR count). The van der Waals surface area contributed by atoms with E-state index in [4.69, 9.17) is 9.47 Å². The summed E-state index contributed by atoms with van der Waals surface area (Å²) >= 11 is 0. The van der Waals surface area contributed by atoms with Crippen LogP contribution in [0.1, 0.15) is 30.5 Å². The van der Waals surface area contributed by atoms with Crippen LogP contribution in [0.4, 0.5) is 9.18 Å². The average molecular weight is 512 g/mol. The van der Waals surface area contributed by atoms with Crippen molar-refractivity contribution in [1.29, 1.82) is 0 Å². The molecule has 1 N–H and O–H groups in total. The van der Waals surface area contributed by atoms with Crippen LogP contribution in [-0.2, 0) is 9.53 Å². The minimum atomic E-state index is -0.492. The molecule has 37 heavy (non-hydrogen) atoms. The highest BCUT2D eigenvalue weighted by Gasteiger charge is 2.36. The van der Waals surface area contributed by atoms with Crippen LogP contribution in [-0.4, -0.2) is 92.1 Å². The Morgan fingerprint density at radius 3 is 2.62 bits per heavy atom. The van der Waals surface area contributed by atoms with E-state index in [1.807, 2.05) is 31.2 Å². The van der Waals surface area contributed by atoms with Gasteiger partial charge in [0, 0.05) is 50.3 Å². The van der Waals surface area contributed by atoms with Gasteiger partial charge in [0.25, 0.3) is 5.91 Å². The predicted molar refractivity (Wildman–Crippen MR) is 138 cm³/mol. The number of hydrogen-bond acceptors (Lipinski definition) is 6. The number of amides is 3. The standard InChI is InChI=1S/C27H34FN5O4/c1-3-29-27(35)32(13-12-31-14-16-37-17-15-31)19-26(34)33-24(21-9-5-7-11-25(21)36-2)18-23(30-33)20-8-4-6-10-22(20)28/h4-11,24H,3,12-19H2,1-2H3,(H,29,35)/t24-/m1/s1. The highest BCUT2D eigenvalue weighted by Crippen LogP contribution is 2.37. The Balaban J connectivity index is 1.59. The minimum Gasteiger partial charge on any atom is -0.496 e. The molecule has 0 aromatic heterocycles. The first-order valence-electron chi connectivity index (χ1n) is 12.6. The Labute approximate surface area is 216 Å². The molecule has 2 heterocycles. The topological polar surface area (TPSA) is 86.7 Å². The van der Waals surface area contributed by atoms with Crippen molar-refractivity contribution in [2.45, 2.75) is 19.4 Å². The first-order valence-corrected chi connectivity index (χ1v) is 12.6. The third-order valence-electron chi connectivity index (χ3n) is 6.58. The number of hydrogen-bond donors (Lipinski definition) is 1. The van der Waals surface area contributed by atoms with Crippen LogP contribution in [0.2, 0.25) is 0 Å². The van der Waals surface area contributed by atoms with Gasteiger partial charge in [0.1, 0.15) is 18.1 Å². The zero-order valence-electron chi connectivity index (χ0n) is 21.4. The molecule has 0 aliphatic carbocycles. The molecule has 2 aromatic rings. The molecule has 2 aromatic carbocycles. The summed E-state index contributed by atoms with van der Waals surface area (Å²) in [6, 6.07) is 13.0. The molecule has 1 saturated heterocycles. The van der Waals surface area contributed by atoms with E-state index in [0.29, 0.717) is 56.3 Å². The van der Waals surface area contributed by atoms with Gasteiger partial charge in [-0.3, -0.25) is 9.69 Å². The number of carbonyl (C=O) groups is 2. The number of rotatable bonds is 9. The van der Waals surface area contributed by atoms with E-state index < -0.39 is 11.9 Å². The third-order valence-corrected chi connectivity index (χ3v) is 6.58. The number of urea groups is 1. The second kappa shape index (κ2) is 12.6. The number of morpholine rings is 1. The zero-order chi connectivity index (χ0) is 26.2. The van der Waals surface area contributed by atoms with Crippen molar-refractivity contribution in [3.05, 3.63) is 65.5 Å². The predicted octanol–water partition coefficient (Wildman–Crippen LogP) is 2.88. The molecule has 0 unspecified atom stereocenters. The van der Waals surface area contributed by atoms with Crippen molar-refractivity contribution >= 4 is 17.6 Å². The Kier molecular flexibility index (Phi) is 9.08. The van der Waals surface area contributed by atoms with Crippen molar-refractivity contribution in [3.63, 3.8) is 0 Å². The molecule has 1 fully saturated rings. The molecule has 10 heteroatoms. The zero-order valence-corrected chi connectivity index (χ0v) is 21.4. The van der Waals surface area contributed by atoms with Crippen molar-refractivity contribution in [1.82, 2.24) is 20.1 Å². The van der Waals surface area contributed by atoms with E-state index in [0.717, 1.165) is 18.7 Å². The van der Waals surface area contributed by atoms with Gasteiger partial charge in [-0.2, -0.15) is 5.10 Å². The quantitative estimate of drug-likeness (QED) is 0.560. The van der Waals surface area contributed by atoms with Crippen LogP contribution in [0, 0.1) is 5.82 Å². The second-order valence-corrected chi connectivity index (χ2v) is 8.94. The van der Waals surface area contributed by atoms with E-state index in [1.54, 1.807) is 25.3 Å². The van der Waals surface area contributed by atoms with Crippen LogP contribution < -0.4 is 10.1 Å². The number of para-hydroxylation sites is 1. The maximum Gasteiger partial charge on any atom is 0.317 e. The van der Waals surface area contributed by atoms with Gasteiger partial charge in [-0.05, 0) is 19.1 Å². The van der Waals surface area contributed by atoms with Crippen LogP contribution in [0.5, 0.6) is 5.75 Å². The lowest BCUT2D eigenvalue weighted by molar-refractivity contribution is -0.133. The van der Waals surface area contributed by atoms with Gasteiger partial charge in [-0.1, -0.05) is 36.4 Å². The molecule has 198 valence electrons. The van der Waals surface area contributed by atoms with Gasteiger partial charge in [0.05, 0.1) is 32.1 Å². The molecule has 9 nitrogen and oxygen atoms in total. The molecular formula is C27H34FN5O4. The van der Waals surface area contributed by atoms with E-state index in [9.17, 15) is 14.0 Å². The molecule has 3 amide bonds. The summed E-state index contributed by atoms with van der Waals surface area (Å²) in [5, 5.41) is 8.76. The van der Waals surface area contributed by atoms with Crippen LogP contribution in [0.15, 0.2) is 53.6 Å². The number of halogens is 1. The van der Waals surface area contributed by atoms with Crippen LogP contribution >= 0.6 is 0 Å². The normalized spacial score (nSPS) is 17.9. The van der Waals surface area contributed by atoms with Crippen molar-refractivity contribution in [3.8, 4) is 5.75 Å². The van der Waals surface area contributed by atoms with Crippen molar-refractivity contribution < 1.29 is 23.5 Å². The monoisotopic (exact) mass is 511 g/mol. The summed E-state index contributed by atoms with van der Waals surface area (Å²) in [6.07, 6.45) is 0.321. The maximum absolute atomic E-state index is 14.6. The molecule has 0 spiro atoms. The second-order valence-electron chi connectivity index (χ2n) is 8.94. The number of methoxy groups -OCH3 is 1. The van der Waals surface area contributed by atoms with Gasteiger partial charge < -0.3 is 19.7 Å². The summed E-state index contributed by atoms with van der Waals surface area (Å²) in [7, 11) is 1.57. The van der Waals surface area contributed by atoms with E-state index in [2.05, 4.69) is 15.3 Å². The molecule has 0 radical (unpaired) electrons. The lowest BCUT2D eigenvalue weighted by Crippen LogP contribution is -2.49. The number of ether oxygens (including phenoxy) is 2. The lowest BCUT2D eigenvalue weighted by atomic mass is 9.97. The smallest absolute Gasteiger partial charge is 0.317 e. The first kappa shape index (κ1) is 26.6. The van der Waals surface area contributed by atoms with Gasteiger partial charge in [0.15, 0.2) is 0 Å². The van der Waals surface area contributed by atoms with Gasteiger partial charge >= 0.3 is 6.03 Å². The fourth-order valence-electron chi connectivity index (χ4n) is 4.62. The third kappa shape index (κ3) is 6.44. The molecule has 0 bridgehead atoms. The molecule has 2 aliphatic rings. The van der Waals surface area contributed by atoms with Gasteiger partial charge in [-0.25, -0.2) is 14.2 Å². The minimum absolute atomic E-state index is 0.157. The van der Waals surface area contributed by atoms with Crippen molar-refractivity contribution in [2.75, 3.05) is 59.6 Å². The molecule has 2 aliphatic heterocycles. The summed E-state index contributed by atoms with van der Waals surface area (Å²) in [5.41, 5.74) is 1.59. The Morgan fingerprint density at radius 1 is 1.16 bits per heavy atom. The molecule has 0 saturated carbocycles. The fraction of sp³-hybridized carbons (Fsp3) is 0.444. The van der Waals surface area contributed by atoms with Crippen molar-refractivity contribution in [2.24, 2.45) is 5.10 Å². The number of nitrogens with zero attached hydrogens (tertiary/aromatic N) is 4. The van der Waals surface area contributed by atoms with E-state index in [1.165, 1.54) is 16.0 Å². The summed E-state index contributed by atoms with van der Waals surface area (Å²) in [6.45, 7) is 6.03. The molecular weight excluding hydrogens is 477 g/mol. The summed E-state index contributed by atoms with van der Waals surface area (Å²) in [4.78, 5) is 30.3. The number of nitrogens with one attached hydrogen (secondary N) is 1. The number of carbonyl (C=O) groups excluding carboxylic acids is 2. The highest BCUT2D eigenvalue weighted by atomic mass is 19.1. The largest absolute Gasteiger partial charge is 0.496 e. The number of hydrazone groups is 1. The Morgan fingerprint density at radius 2 is 1.89 bits per heavy atom. The summed E-state index contributed by atoms with van der Waals surface area (Å²) in [5.74, 6) is -0.137. The van der Waals surface area contributed by atoms with Crippen LogP contribution in [0.25, 0.3) is 0 Å². The first-order chi connectivity index (χ1) is 18.0. The van der Waals surface area contributed by atoms with E-state index >= 15 is 0 Å². The number of benzene rings is 2. The lowest BCUT2D eigenvalue weighted by Gasteiger charge is -2.31. The SMILES string of the molecule is CCNC(=O)N(CCN1CCOCC1)CC(=O)N1N=C(c2ccccc2F)C[C@@H]1c1ccccc1OC. The summed E-state index contributed by atoms with van der Waals surface area (Å²) < 4.78 is 25.6. The van der Waals surface area contributed by atoms with Crippen LogP contribution in [0.3, 0.4) is 0 Å². The average Bonchev–Trinajstić information content (AvgIpc) is 3.37. The highest BCUT2D eigenvalue weighted by molar-refractivity contribution is 6.03. The fourth-order valence-corrected chi connectivity index (χ4v) is 4.62. The van der Waals surface area contributed by atoms with Gasteiger partial charge in [-0.15, -0.1) is 0 Å². The molecule has 1 atom stereocenters. The Bertz CT molecular complexity index is 1120.